The molecule has 0 saturated heterocycles. The van der Waals surface area contributed by atoms with Crippen molar-refractivity contribution >= 4 is 28.3 Å². The van der Waals surface area contributed by atoms with E-state index in [0.29, 0.717) is 22.3 Å². The van der Waals surface area contributed by atoms with Crippen molar-refractivity contribution in [3.05, 3.63) is 87.0 Å². The number of hydrogen-bond acceptors (Lipinski definition) is 5. The molecule has 150 valence electrons. The Hall–Kier alpha value is -4.07. The van der Waals surface area contributed by atoms with Crippen LogP contribution in [0.5, 0.6) is 0 Å². The van der Waals surface area contributed by atoms with E-state index in [0.717, 1.165) is 11.3 Å². The van der Waals surface area contributed by atoms with E-state index in [4.69, 9.17) is 0 Å². The number of fused-ring (bicyclic) bond motifs is 1. The van der Waals surface area contributed by atoms with E-state index in [2.05, 4.69) is 15.5 Å². The lowest BCUT2D eigenvalue weighted by Crippen LogP contribution is -2.12. The van der Waals surface area contributed by atoms with Crippen LogP contribution in [0.1, 0.15) is 27.0 Å². The zero-order valence-corrected chi connectivity index (χ0v) is 16.7. The van der Waals surface area contributed by atoms with Gasteiger partial charge in [-0.25, -0.2) is 0 Å². The summed E-state index contributed by atoms with van der Waals surface area (Å²) in [5.74, 6) is -0.431. The highest BCUT2D eigenvalue weighted by atomic mass is 16.6. The fourth-order valence-electron chi connectivity index (χ4n) is 3.11. The highest BCUT2D eigenvalue weighted by Crippen LogP contribution is 2.22. The third kappa shape index (κ3) is 3.62. The van der Waals surface area contributed by atoms with Crippen LogP contribution < -0.4 is 5.32 Å². The Morgan fingerprint density at radius 1 is 0.900 bits per heavy atom. The standard InChI is InChI=1S/C22H19N5O3/c1-13-5-8-18(10-15(13)3)26-24-19-9-7-17(12-20(19)25-26)23-22(28)16-6-4-14(2)21(11-16)27(29)30/h4-12H,1-3H3,(H,23,28). The number of benzene rings is 3. The van der Waals surface area contributed by atoms with Crippen molar-refractivity contribution in [3.8, 4) is 5.69 Å². The zero-order valence-electron chi connectivity index (χ0n) is 16.7. The Bertz CT molecular complexity index is 1310. The Morgan fingerprint density at radius 2 is 1.63 bits per heavy atom. The molecule has 1 N–H and O–H groups in total. The number of nitrogens with one attached hydrogen (secondary N) is 1. The molecule has 0 saturated carbocycles. The molecule has 8 nitrogen and oxygen atoms in total. The number of rotatable bonds is 4. The smallest absolute Gasteiger partial charge is 0.273 e. The summed E-state index contributed by atoms with van der Waals surface area (Å²) in [4.78, 5) is 24.7. The number of nitro groups is 1. The lowest BCUT2D eigenvalue weighted by molar-refractivity contribution is -0.385. The summed E-state index contributed by atoms with van der Waals surface area (Å²) in [6.07, 6.45) is 0. The van der Waals surface area contributed by atoms with Gasteiger partial charge in [0, 0.05) is 22.9 Å². The van der Waals surface area contributed by atoms with E-state index >= 15 is 0 Å². The van der Waals surface area contributed by atoms with Gasteiger partial charge >= 0.3 is 0 Å². The second kappa shape index (κ2) is 7.40. The predicted molar refractivity (Wildman–Crippen MR) is 114 cm³/mol. The third-order valence-electron chi connectivity index (χ3n) is 5.03. The molecule has 1 heterocycles. The van der Waals surface area contributed by atoms with Gasteiger partial charge in [0.25, 0.3) is 11.6 Å². The molecule has 0 bridgehead atoms. The SMILES string of the molecule is Cc1ccc(-n2nc3ccc(NC(=O)c4ccc(C)c([N+](=O)[O-])c4)cc3n2)cc1C. The maximum absolute atomic E-state index is 12.6. The van der Waals surface area contributed by atoms with Gasteiger partial charge in [-0.15, -0.1) is 10.2 Å². The number of nitro benzene ring substituents is 1. The minimum Gasteiger partial charge on any atom is -0.322 e. The number of carbonyl (C=O) groups excluding carboxylic acids is 1. The topological polar surface area (TPSA) is 103 Å². The molecule has 0 aliphatic heterocycles. The molecule has 8 heteroatoms. The van der Waals surface area contributed by atoms with Crippen molar-refractivity contribution in [2.45, 2.75) is 20.8 Å². The van der Waals surface area contributed by atoms with Crippen LogP contribution in [0.2, 0.25) is 0 Å². The molecule has 0 aliphatic rings. The van der Waals surface area contributed by atoms with E-state index in [1.54, 1.807) is 42.1 Å². The lowest BCUT2D eigenvalue weighted by atomic mass is 10.1. The van der Waals surface area contributed by atoms with Crippen molar-refractivity contribution in [2.24, 2.45) is 0 Å². The first-order valence-corrected chi connectivity index (χ1v) is 9.33. The average Bonchev–Trinajstić information content (AvgIpc) is 3.13. The molecule has 0 fully saturated rings. The predicted octanol–water partition coefficient (Wildman–Crippen LogP) is 4.51. The molecule has 1 aromatic heterocycles. The average molecular weight is 401 g/mol. The summed E-state index contributed by atoms with van der Waals surface area (Å²) in [7, 11) is 0. The van der Waals surface area contributed by atoms with Crippen molar-refractivity contribution in [2.75, 3.05) is 5.32 Å². The maximum atomic E-state index is 12.6. The van der Waals surface area contributed by atoms with Gasteiger partial charge in [0.15, 0.2) is 0 Å². The van der Waals surface area contributed by atoms with Gasteiger partial charge in [0.1, 0.15) is 11.0 Å². The monoisotopic (exact) mass is 401 g/mol. The van der Waals surface area contributed by atoms with Crippen LogP contribution in [0.4, 0.5) is 11.4 Å². The molecule has 0 unspecified atom stereocenters. The molecule has 0 aliphatic carbocycles. The molecule has 1 amide bonds. The van der Waals surface area contributed by atoms with Gasteiger partial charge in [0.05, 0.1) is 10.6 Å². The Morgan fingerprint density at radius 3 is 2.37 bits per heavy atom. The molecule has 4 rings (SSSR count). The van der Waals surface area contributed by atoms with E-state index < -0.39 is 10.8 Å². The Kier molecular flexibility index (Phi) is 4.75. The number of aryl methyl sites for hydroxylation is 3. The van der Waals surface area contributed by atoms with Gasteiger partial charge in [-0.2, -0.15) is 4.80 Å². The summed E-state index contributed by atoms with van der Waals surface area (Å²) in [6, 6.07) is 15.6. The van der Waals surface area contributed by atoms with Crippen molar-refractivity contribution in [3.63, 3.8) is 0 Å². The van der Waals surface area contributed by atoms with Crippen LogP contribution in [0, 0.1) is 30.9 Å². The minimum atomic E-state index is -0.497. The van der Waals surface area contributed by atoms with Crippen LogP contribution in [0.3, 0.4) is 0 Å². The third-order valence-corrected chi connectivity index (χ3v) is 5.03. The molecule has 0 spiro atoms. The second-order valence-corrected chi connectivity index (χ2v) is 7.17. The maximum Gasteiger partial charge on any atom is 0.273 e. The summed E-state index contributed by atoms with van der Waals surface area (Å²) >= 11 is 0. The minimum absolute atomic E-state index is 0.0885. The van der Waals surface area contributed by atoms with Crippen LogP contribution >= 0.6 is 0 Å². The first kappa shape index (κ1) is 19.3. The fourth-order valence-corrected chi connectivity index (χ4v) is 3.11. The van der Waals surface area contributed by atoms with Crippen molar-refractivity contribution in [1.82, 2.24) is 15.0 Å². The van der Waals surface area contributed by atoms with Crippen LogP contribution in [0.25, 0.3) is 16.7 Å². The summed E-state index contributed by atoms with van der Waals surface area (Å²) < 4.78 is 0. The quantitative estimate of drug-likeness (QED) is 0.400. The fraction of sp³-hybridized carbons (Fsp3) is 0.136. The number of amides is 1. The number of carbonyl (C=O) groups is 1. The molecule has 30 heavy (non-hydrogen) atoms. The number of aromatic nitrogens is 3. The van der Waals surface area contributed by atoms with Crippen molar-refractivity contribution < 1.29 is 9.72 Å². The molecule has 3 aromatic carbocycles. The molecule has 0 radical (unpaired) electrons. The highest BCUT2D eigenvalue weighted by Gasteiger charge is 2.15. The van der Waals surface area contributed by atoms with Gasteiger partial charge in [-0.3, -0.25) is 14.9 Å². The van der Waals surface area contributed by atoms with Crippen LogP contribution in [0.15, 0.2) is 54.6 Å². The molecule has 0 atom stereocenters. The summed E-state index contributed by atoms with van der Waals surface area (Å²) in [5.41, 5.74) is 5.67. The highest BCUT2D eigenvalue weighted by molar-refractivity contribution is 6.05. The molecular weight excluding hydrogens is 382 g/mol. The molecule has 4 aromatic rings. The van der Waals surface area contributed by atoms with E-state index in [-0.39, 0.29) is 11.3 Å². The molecular formula is C22H19N5O3. The second-order valence-electron chi connectivity index (χ2n) is 7.17. The van der Waals surface area contributed by atoms with Gasteiger partial charge in [0.2, 0.25) is 0 Å². The summed E-state index contributed by atoms with van der Waals surface area (Å²) in [6.45, 7) is 5.71. The van der Waals surface area contributed by atoms with Crippen LogP contribution in [-0.4, -0.2) is 25.8 Å². The zero-order chi connectivity index (χ0) is 21.4. The van der Waals surface area contributed by atoms with Gasteiger partial charge < -0.3 is 5.32 Å². The normalized spacial score (nSPS) is 10.9. The lowest BCUT2D eigenvalue weighted by Gasteiger charge is -2.06. The number of anilines is 1. The first-order valence-electron chi connectivity index (χ1n) is 9.33. The summed E-state index contributed by atoms with van der Waals surface area (Å²) in [5, 5.41) is 22.9. The largest absolute Gasteiger partial charge is 0.322 e. The number of hydrogen-bond donors (Lipinski definition) is 1. The van der Waals surface area contributed by atoms with Gasteiger partial charge in [-0.1, -0.05) is 12.1 Å². The van der Waals surface area contributed by atoms with E-state index in [9.17, 15) is 14.9 Å². The van der Waals surface area contributed by atoms with Crippen molar-refractivity contribution in [1.29, 1.82) is 0 Å². The number of nitrogens with zero attached hydrogens (tertiary/aromatic N) is 4. The Balaban J connectivity index is 1.61. The van der Waals surface area contributed by atoms with E-state index in [1.807, 2.05) is 32.0 Å². The van der Waals surface area contributed by atoms with Gasteiger partial charge in [-0.05, 0) is 68.3 Å². The van der Waals surface area contributed by atoms with Crippen LogP contribution in [-0.2, 0) is 0 Å². The van der Waals surface area contributed by atoms with E-state index in [1.165, 1.54) is 11.6 Å². The Labute approximate surface area is 172 Å². The first-order chi connectivity index (χ1) is 14.3.